The van der Waals surface area contributed by atoms with Gasteiger partial charge < -0.3 is 5.32 Å². The summed E-state index contributed by atoms with van der Waals surface area (Å²) >= 11 is 7.60. The van der Waals surface area contributed by atoms with Crippen LogP contribution in [-0.4, -0.2) is 22.3 Å². The first-order valence-corrected chi connectivity index (χ1v) is 8.42. The maximum absolute atomic E-state index is 5.89. The predicted octanol–water partition coefficient (Wildman–Crippen LogP) is 4.10. The molecule has 21 heavy (non-hydrogen) atoms. The van der Waals surface area contributed by atoms with Crippen LogP contribution < -0.4 is 5.32 Å². The van der Waals surface area contributed by atoms with Gasteiger partial charge in [-0.05, 0) is 51.4 Å². The molecular formula is C16H22ClN3S. The molecule has 0 atom stereocenters. The summed E-state index contributed by atoms with van der Waals surface area (Å²) in [5, 5.41) is 15.0. The van der Waals surface area contributed by atoms with Crippen LogP contribution in [0.4, 0.5) is 0 Å². The number of aryl methyl sites for hydroxylation is 1. The van der Waals surface area contributed by atoms with E-state index < -0.39 is 0 Å². The summed E-state index contributed by atoms with van der Waals surface area (Å²) in [7, 11) is 0. The van der Waals surface area contributed by atoms with E-state index in [1.807, 2.05) is 24.3 Å². The largest absolute Gasteiger partial charge is 0.312 e. The fourth-order valence-electron chi connectivity index (χ4n) is 1.94. The quantitative estimate of drug-likeness (QED) is 0.813. The van der Waals surface area contributed by atoms with Gasteiger partial charge in [-0.25, -0.2) is 0 Å². The molecule has 1 N–H and O–H groups in total. The smallest absolute Gasteiger partial charge is 0.121 e. The fourth-order valence-corrected chi connectivity index (χ4v) is 2.99. The van der Waals surface area contributed by atoms with Crippen LogP contribution in [0.1, 0.15) is 42.8 Å². The molecule has 0 bridgehead atoms. The lowest BCUT2D eigenvalue weighted by molar-refractivity contribution is 0.422. The lowest BCUT2D eigenvalue weighted by atomic mass is 10.1. The molecule has 0 saturated carbocycles. The summed E-state index contributed by atoms with van der Waals surface area (Å²) in [6.45, 7) is 7.56. The summed E-state index contributed by atoms with van der Waals surface area (Å²) in [6.07, 6.45) is 2.91. The van der Waals surface area contributed by atoms with Crippen LogP contribution >= 0.6 is 22.9 Å². The molecule has 1 aromatic carbocycles. The van der Waals surface area contributed by atoms with Crippen molar-refractivity contribution >= 4 is 22.9 Å². The molecule has 0 spiro atoms. The summed E-state index contributed by atoms with van der Waals surface area (Å²) in [5.74, 6) is 0. The molecule has 2 aromatic rings. The zero-order chi connectivity index (χ0) is 15.3. The highest BCUT2D eigenvalue weighted by molar-refractivity contribution is 7.11. The standard InChI is InChI=1S/C16H22ClN3S/c1-16(2,3)18-10-4-5-14-19-20-15(21-14)11-12-6-8-13(17)9-7-12/h6-9,18H,4-5,10-11H2,1-3H3. The Kier molecular flexibility index (Phi) is 5.73. The SMILES string of the molecule is CC(C)(C)NCCCc1nnc(Cc2ccc(Cl)cc2)s1. The average molecular weight is 324 g/mol. The molecule has 0 unspecified atom stereocenters. The van der Waals surface area contributed by atoms with Gasteiger partial charge in [0.2, 0.25) is 0 Å². The maximum Gasteiger partial charge on any atom is 0.121 e. The second-order valence-corrected chi connectivity index (χ2v) is 7.76. The van der Waals surface area contributed by atoms with Gasteiger partial charge >= 0.3 is 0 Å². The van der Waals surface area contributed by atoms with Gasteiger partial charge in [0.1, 0.15) is 10.0 Å². The van der Waals surface area contributed by atoms with E-state index in [1.165, 1.54) is 5.56 Å². The summed E-state index contributed by atoms with van der Waals surface area (Å²) < 4.78 is 0. The van der Waals surface area contributed by atoms with Crippen LogP contribution in [0.15, 0.2) is 24.3 Å². The third-order valence-corrected chi connectivity index (χ3v) is 4.24. The fraction of sp³-hybridized carbons (Fsp3) is 0.500. The van der Waals surface area contributed by atoms with E-state index in [9.17, 15) is 0 Å². The van der Waals surface area contributed by atoms with E-state index in [0.29, 0.717) is 0 Å². The number of rotatable bonds is 6. The highest BCUT2D eigenvalue weighted by Crippen LogP contribution is 2.17. The van der Waals surface area contributed by atoms with Crippen molar-refractivity contribution in [1.29, 1.82) is 0 Å². The average Bonchev–Trinajstić information content (AvgIpc) is 2.84. The Balaban J connectivity index is 1.80. The molecule has 1 heterocycles. The van der Waals surface area contributed by atoms with Crippen LogP contribution in [0.2, 0.25) is 5.02 Å². The Labute approximate surface area is 135 Å². The van der Waals surface area contributed by atoms with Crippen molar-refractivity contribution in [2.45, 2.75) is 45.6 Å². The van der Waals surface area contributed by atoms with Gasteiger partial charge in [-0.15, -0.1) is 21.5 Å². The monoisotopic (exact) mass is 323 g/mol. The number of hydrogen-bond acceptors (Lipinski definition) is 4. The van der Waals surface area contributed by atoms with Crippen molar-refractivity contribution in [2.24, 2.45) is 0 Å². The van der Waals surface area contributed by atoms with Gasteiger partial charge in [0.15, 0.2) is 0 Å². The van der Waals surface area contributed by atoms with Gasteiger partial charge in [-0.1, -0.05) is 23.7 Å². The Hall–Kier alpha value is -0.970. The molecule has 1 aromatic heterocycles. The Morgan fingerprint density at radius 1 is 1.10 bits per heavy atom. The molecule has 5 heteroatoms. The predicted molar refractivity (Wildman–Crippen MR) is 90.2 cm³/mol. The normalized spacial score (nSPS) is 11.8. The molecule has 2 rings (SSSR count). The van der Waals surface area contributed by atoms with Crippen molar-refractivity contribution < 1.29 is 0 Å². The van der Waals surface area contributed by atoms with E-state index in [0.717, 1.165) is 40.8 Å². The number of halogens is 1. The minimum Gasteiger partial charge on any atom is -0.312 e. The highest BCUT2D eigenvalue weighted by Gasteiger charge is 2.09. The van der Waals surface area contributed by atoms with Crippen LogP contribution in [0.25, 0.3) is 0 Å². The van der Waals surface area contributed by atoms with Crippen LogP contribution in [0.3, 0.4) is 0 Å². The molecule has 0 amide bonds. The van der Waals surface area contributed by atoms with E-state index in [1.54, 1.807) is 11.3 Å². The third kappa shape index (κ3) is 6.12. The van der Waals surface area contributed by atoms with Gasteiger partial charge in [0.05, 0.1) is 0 Å². The summed E-state index contributed by atoms with van der Waals surface area (Å²) in [5.41, 5.74) is 1.40. The second-order valence-electron chi connectivity index (χ2n) is 6.17. The molecule has 0 saturated heterocycles. The minimum atomic E-state index is 0.181. The molecule has 0 aliphatic rings. The third-order valence-electron chi connectivity index (χ3n) is 3.00. The zero-order valence-electron chi connectivity index (χ0n) is 12.8. The van der Waals surface area contributed by atoms with E-state index in [4.69, 9.17) is 11.6 Å². The van der Waals surface area contributed by atoms with Crippen molar-refractivity contribution in [3.63, 3.8) is 0 Å². The first-order chi connectivity index (χ1) is 9.92. The Morgan fingerprint density at radius 2 is 1.76 bits per heavy atom. The van der Waals surface area contributed by atoms with Gasteiger partial charge in [0.25, 0.3) is 0 Å². The molecule has 0 aliphatic carbocycles. The van der Waals surface area contributed by atoms with Crippen LogP contribution in [0, 0.1) is 0 Å². The van der Waals surface area contributed by atoms with Crippen molar-refractivity contribution in [1.82, 2.24) is 15.5 Å². The van der Waals surface area contributed by atoms with Gasteiger partial charge in [-0.2, -0.15) is 0 Å². The first-order valence-electron chi connectivity index (χ1n) is 7.23. The van der Waals surface area contributed by atoms with Gasteiger partial charge in [0, 0.05) is 23.4 Å². The van der Waals surface area contributed by atoms with E-state index in [2.05, 4.69) is 36.3 Å². The molecule has 3 nitrogen and oxygen atoms in total. The van der Waals surface area contributed by atoms with E-state index in [-0.39, 0.29) is 5.54 Å². The molecule has 0 fully saturated rings. The van der Waals surface area contributed by atoms with E-state index >= 15 is 0 Å². The highest BCUT2D eigenvalue weighted by atomic mass is 35.5. The van der Waals surface area contributed by atoms with Crippen LogP contribution in [0.5, 0.6) is 0 Å². The van der Waals surface area contributed by atoms with Crippen molar-refractivity contribution in [3.8, 4) is 0 Å². The Morgan fingerprint density at radius 3 is 2.43 bits per heavy atom. The molecular weight excluding hydrogens is 302 g/mol. The maximum atomic E-state index is 5.89. The van der Waals surface area contributed by atoms with Crippen molar-refractivity contribution in [3.05, 3.63) is 44.9 Å². The van der Waals surface area contributed by atoms with Crippen LogP contribution in [-0.2, 0) is 12.8 Å². The minimum absolute atomic E-state index is 0.181. The topological polar surface area (TPSA) is 37.8 Å². The van der Waals surface area contributed by atoms with Crippen molar-refractivity contribution in [2.75, 3.05) is 6.54 Å². The number of aromatic nitrogens is 2. The molecule has 114 valence electrons. The summed E-state index contributed by atoms with van der Waals surface area (Å²) in [4.78, 5) is 0. The lowest BCUT2D eigenvalue weighted by Gasteiger charge is -2.20. The number of nitrogens with one attached hydrogen (secondary N) is 1. The Bertz CT molecular complexity index is 558. The lowest BCUT2D eigenvalue weighted by Crippen LogP contribution is -2.36. The number of benzene rings is 1. The second kappa shape index (κ2) is 7.34. The zero-order valence-corrected chi connectivity index (χ0v) is 14.4. The molecule has 0 radical (unpaired) electrons. The molecule has 0 aliphatic heterocycles. The van der Waals surface area contributed by atoms with Gasteiger partial charge in [-0.3, -0.25) is 0 Å². The summed E-state index contributed by atoms with van der Waals surface area (Å²) in [6, 6.07) is 7.90. The number of nitrogens with zero attached hydrogens (tertiary/aromatic N) is 2. The number of hydrogen-bond donors (Lipinski definition) is 1. The first kappa shape index (κ1) is 16.4.